The summed E-state index contributed by atoms with van der Waals surface area (Å²) >= 11 is 1.48. The molecule has 2 radical (unpaired) electrons. The lowest BCUT2D eigenvalue weighted by Crippen LogP contribution is -2.27. The highest BCUT2D eigenvalue weighted by Crippen LogP contribution is 2.27. The summed E-state index contributed by atoms with van der Waals surface area (Å²) in [5.41, 5.74) is 1.05. The van der Waals surface area contributed by atoms with Gasteiger partial charge in [0, 0.05) is 24.9 Å². The van der Waals surface area contributed by atoms with E-state index in [2.05, 4.69) is 15.6 Å². The number of nitrogens with zero attached hydrogens (tertiary/aromatic N) is 2. The number of carbonyl (C=O) groups excluding carboxylic acids is 1. The van der Waals surface area contributed by atoms with Crippen molar-refractivity contribution in [1.29, 1.82) is 0 Å². The number of hydrogen-bond acceptors (Lipinski definition) is 4. The van der Waals surface area contributed by atoms with Crippen LogP contribution in [-0.2, 0) is 13.0 Å². The van der Waals surface area contributed by atoms with Crippen LogP contribution in [0.1, 0.15) is 10.6 Å². The van der Waals surface area contributed by atoms with Gasteiger partial charge in [-0.25, -0.2) is 9.78 Å². The van der Waals surface area contributed by atoms with Gasteiger partial charge in [-0.05, 0) is 6.54 Å². The Morgan fingerprint density at radius 2 is 2.47 bits per heavy atom. The third-order valence-corrected chi connectivity index (χ3v) is 3.21. The summed E-state index contributed by atoms with van der Waals surface area (Å²) in [5.74, 6) is 0. The van der Waals surface area contributed by atoms with Crippen molar-refractivity contribution in [3.05, 3.63) is 10.6 Å². The Bertz CT molecular complexity index is 381. The molecule has 2 rings (SSSR count). The first-order chi connectivity index (χ1) is 7.19. The van der Waals surface area contributed by atoms with Gasteiger partial charge < -0.3 is 10.1 Å². The van der Waals surface area contributed by atoms with E-state index in [-0.39, 0.29) is 6.03 Å². The summed E-state index contributed by atoms with van der Waals surface area (Å²) in [5, 5.41) is 5.78. The molecule has 0 atom stereocenters. The van der Waals surface area contributed by atoms with Crippen molar-refractivity contribution >= 4 is 30.5 Å². The van der Waals surface area contributed by atoms with Crippen LogP contribution >= 0.6 is 11.3 Å². The first-order valence-electron chi connectivity index (χ1n) is 4.66. The second-order valence-corrected chi connectivity index (χ2v) is 4.40. The summed E-state index contributed by atoms with van der Waals surface area (Å²) in [6, 6.07) is -0.245. The van der Waals surface area contributed by atoms with Crippen LogP contribution in [0.15, 0.2) is 0 Å². The molecule has 1 aromatic heterocycles. The fourth-order valence-corrected chi connectivity index (χ4v) is 2.46. The highest BCUT2D eigenvalue weighted by atomic mass is 32.1. The molecule has 0 unspecified atom stereocenters. The molecular weight excluding hydrogens is 211 g/mol. The molecule has 0 aliphatic carbocycles. The lowest BCUT2D eigenvalue weighted by atomic mass is 10.1. The maximum absolute atomic E-state index is 11.1. The quantitative estimate of drug-likeness (QED) is 0.673. The Morgan fingerprint density at radius 1 is 1.67 bits per heavy atom. The first-order valence-corrected chi connectivity index (χ1v) is 5.47. The average molecular weight is 222 g/mol. The van der Waals surface area contributed by atoms with Crippen LogP contribution in [0, 0.1) is 0 Å². The zero-order valence-electron chi connectivity index (χ0n) is 8.41. The monoisotopic (exact) mass is 222 g/mol. The zero-order valence-corrected chi connectivity index (χ0v) is 9.23. The van der Waals surface area contributed by atoms with Gasteiger partial charge in [0.15, 0.2) is 13.1 Å². The predicted molar refractivity (Wildman–Crippen MR) is 60.1 cm³/mol. The van der Waals surface area contributed by atoms with Crippen LogP contribution in [0.25, 0.3) is 0 Å². The van der Waals surface area contributed by atoms with Crippen molar-refractivity contribution in [2.45, 2.75) is 13.0 Å². The van der Waals surface area contributed by atoms with E-state index in [0.29, 0.717) is 11.7 Å². The van der Waals surface area contributed by atoms with E-state index in [4.69, 9.17) is 7.98 Å². The Balaban J connectivity index is 2.12. The molecule has 1 aromatic rings. The van der Waals surface area contributed by atoms with Crippen LogP contribution in [0.2, 0.25) is 0 Å². The molecule has 0 aromatic carbocycles. The third kappa shape index (κ3) is 2.30. The number of anilines is 1. The molecule has 7 heteroatoms. The van der Waals surface area contributed by atoms with Crippen LogP contribution in [0.3, 0.4) is 0 Å². The van der Waals surface area contributed by atoms with Gasteiger partial charge in [0.1, 0.15) is 0 Å². The van der Waals surface area contributed by atoms with Crippen LogP contribution in [0.5, 0.6) is 0 Å². The smallest absolute Gasteiger partial charge is 0.320 e. The zero-order chi connectivity index (χ0) is 10.8. The minimum atomic E-state index is -0.245. The van der Waals surface area contributed by atoms with Crippen molar-refractivity contribution in [2.24, 2.45) is 0 Å². The number of fused-ring (bicyclic) bond motifs is 1. The maximum atomic E-state index is 11.1. The number of aromatic nitrogens is 1. The number of nitrogens with one attached hydrogen (secondary N) is 2. The number of carbonyl (C=O) groups is 1. The average Bonchev–Trinajstić information content (AvgIpc) is 2.59. The highest BCUT2D eigenvalue weighted by molar-refractivity contribution is 7.15. The topological polar surface area (TPSA) is 57.3 Å². The molecule has 2 amide bonds. The van der Waals surface area contributed by atoms with Crippen molar-refractivity contribution in [1.82, 2.24) is 15.1 Å². The summed E-state index contributed by atoms with van der Waals surface area (Å²) in [6.07, 6.45) is 0.845. The number of rotatable bonds is 1. The van der Waals surface area contributed by atoms with E-state index in [9.17, 15) is 4.79 Å². The highest BCUT2D eigenvalue weighted by Gasteiger charge is 2.18. The van der Waals surface area contributed by atoms with E-state index >= 15 is 0 Å². The number of thiazole rings is 1. The molecule has 1 aliphatic rings. The SMILES string of the molecule is [B]N1CCc2nc(NC(=O)NC)sc2C1. The van der Waals surface area contributed by atoms with Crippen molar-refractivity contribution in [2.75, 3.05) is 18.9 Å². The number of amides is 2. The molecule has 15 heavy (non-hydrogen) atoms. The van der Waals surface area contributed by atoms with Crippen LogP contribution in [-0.4, -0.2) is 37.4 Å². The molecule has 5 nitrogen and oxygen atoms in total. The molecule has 0 saturated heterocycles. The Kier molecular flexibility index (Phi) is 2.92. The lowest BCUT2D eigenvalue weighted by molar-refractivity contribution is 0.254. The van der Waals surface area contributed by atoms with Gasteiger partial charge in [-0.15, -0.1) is 11.3 Å². The largest absolute Gasteiger partial charge is 0.349 e. The van der Waals surface area contributed by atoms with Gasteiger partial charge in [-0.3, -0.25) is 5.32 Å². The second kappa shape index (κ2) is 4.20. The van der Waals surface area contributed by atoms with Gasteiger partial charge in [-0.2, -0.15) is 0 Å². The Morgan fingerprint density at radius 3 is 3.20 bits per heavy atom. The van der Waals surface area contributed by atoms with Crippen molar-refractivity contribution in [3.8, 4) is 0 Å². The fraction of sp³-hybridized carbons (Fsp3) is 0.500. The molecular formula is C8H11BN4OS. The van der Waals surface area contributed by atoms with Crippen molar-refractivity contribution < 1.29 is 4.79 Å². The third-order valence-electron chi connectivity index (χ3n) is 2.21. The van der Waals surface area contributed by atoms with Gasteiger partial charge >= 0.3 is 6.03 Å². The van der Waals surface area contributed by atoms with Gasteiger partial charge in [0.05, 0.1) is 5.69 Å². The van der Waals surface area contributed by atoms with Crippen LogP contribution in [0.4, 0.5) is 9.93 Å². The standard InChI is InChI=1S/C8H11BN4OS/c1-10-7(14)12-8-11-5-2-3-13(9)4-6(5)15-8/h2-4H2,1H3,(H2,10,11,12,14). The minimum Gasteiger partial charge on any atom is -0.349 e. The van der Waals surface area contributed by atoms with Gasteiger partial charge in [0.2, 0.25) is 0 Å². The molecule has 2 heterocycles. The molecule has 0 fully saturated rings. The molecule has 1 aliphatic heterocycles. The van der Waals surface area contributed by atoms with E-state index in [1.165, 1.54) is 11.3 Å². The normalized spacial score (nSPS) is 15.8. The molecule has 2 N–H and O–H groups in total. The van der Waals surface area contributed by atoms with Crippen molar-refractivity contribution in [3.63, 3.8) is 0 Å². The lowest BCUT2D eigenvalue weighted by Gasteiger charge is -2.20. The van der Waals surface area contributed by atoms with E-state index < -0.39 is 0 Å². The molecule has 0 bridgehead atoms. The van der Waals surface area contributed by atoms with Crippen LogP contribution < -0.4 is 10.6 Å². The molecule has 78 valence electrons. The number of urea groups is 1. The Labute approximate surface area is 93.3 Å². The summed E-state index contributed by atoms with van der Waals surface area (Å²) in [6.45, 7) is 1.53. The number of hydrogen-bond donors (Lipinski definition) is 2. The fourth-order valence-electron chi connectivity index (χ4n) is 1.43. The summed E-state index contributed by atoms with van der Waals surface area (Å²) in [7, 11) is 7.27. The maximum Gasteiger partial charge on any atom is 0.320 e. The van der Waals surface area contributed by atoms with Gasteiger partial charge in [-0.1, -0.05) is 0 Å². The minimum absolute atomic E-state index is 0.245. The van der Waals surface area contributed by atoms with Gasteiger partial charge in [0.25, 0.3) is 0 Å². The summed E-state index contributed by atoms with van der Waals surface area (Å²) < 4.78 is 0. The summed E-state index contributed by atoms with van der Waals surface area (Å²) in [4.78, 5) is 18.3. The Hall–Kier alpha value is -1.08. The second-order valence-electron chi connectivity index (χ2n) is 3.31. The van der Waals surface area contributed by atoms with E-state index in [1.807, 2.05) is 0 Å². The molecule has 0 spiro atoms. The van der Waals surface area contributed by atoms with E-state index in [0.717, 1.165) is 23.5 Å². The molecule has 0 saturated carbocycles. The van der Waals surface area contributed by atoms with E-state index in [1.54, 1.807) is 11.9 Å². The first kappa shape index (κ1) is 10.4. The predicted octanol–water partition coefficient (Wildman–Crippen LogP) is 0.336.